The molecule has 9 atom stereocenters. The van der Waals surface area contributed by atoms with Gasteiger partial charge in [0.05, 0.1) is 18.3 Å². The fourth-order valence-corrected chi connectivity index (χ4v) is 4.32. The van der Waals surface area contributed by atoms with Crippen LogP contribution in [-0.4, -0.2) is 29.7 Å². The molecule has 21 heavy (non-hydrogen) atoms. The van der Waals surface area contributed by atoms with Crippen molar-refractivity contribution in [1.29, 1.82) is 0 Å². The number of ether oxygens (including phenoxy) is 2. The third-order valence-electron chi connectivity index (χ3n) is 6.43. The van der Waals surface area contributed by atoms with Crippen LogP contribution in [0.15, 0.2) is 0 Å². The highest BCUT2D eigenvalue weighted by molar-refractivity contribution is 4.91. The van der Waals surface area contributed by atoms with Crippen molar-refractivity contribution in [3.05, 3.63) is 0 Å². The predicted octanol–water partition coefficient (Wildman–Crippen LogP) is 3.84. The normalized spacial score (nSPS) is 51.3. The minimum atomic E-state index is -0.669. The molecular formula is C18H34O3. The van der Waals surface area contributed by atoms with Gasteiger partial charge in [0.25, 0.3) is 0 Å². The van der Waals surface area contributed by atoms with Gasteiger partial charge in [-0.1, -0.05) is 48.0 Å². The molecule has 0 aromatic rings. The van der Waals surface area contributed by atoms with Crippen molar-refractivity contribution in [3.8, 4) is 0 Å². The van der Waals surface area contributed by atoms with Crippen molar-refractivity contribution in [2.24, 2.45) is 29.6 Å². The zero-order chi connectivity index (χ0) is 15.7. The van der Waals surface area contributed by atoms with Gasteiger partial charge in [0.1, 0.15) is 0 Å². The third kappa shape index (κ3) is 3.30. The van der Waals surface area contributed by atoms with E-state index in [-0.39, 0.29) is 18.1 Å². The molecular weight excluding hydrogens is 264 g/mol. The summed E-state index contributed by atoms with van der Waals surface area (Å²) in [4.78, 5) is 0. The van der Waals surface area contributed by atoms with E-state index in [2.05, 4.69) is 34.6 Å². The second kappa shape index (κ2) is 6.97. The molecule has 0 bridgehead atoms. The zero-order valence-electron chi connectivity index (χ0n) is 14.6. The first-order chi connectivity index (χ1) is 9.90. The number of hydrogen-bond donors (Lipinski definition) is 1. The van der Waals surface area contributed by atoms with Crippen LogP contribution in [0.2, 0.25) is 0 Å². The molecule has 0 radical (unpaired) electrons. The molecule has 124 valence electrons. The van der Waals surface area contributed by atoms with Crippen LogP contribution in [0, 0.1) is 29.6 Å². The standard InChI is InChI=1S/C18H34O3/c1-7-14-9-16(12(5)10(3)11(14)4)20-17-13(6)18(19)21-15(17)8-2/h10-19H,7-9H2,1-6H3. The van der Waals surface area contributed by atoms with Crippen LogP contribution >= 0.6 is 0 Å². The molecule has 0 amide bonds. The summed E-state index contributed by atoms with van der Waals surface area (Å²) in [6.07, 6.45) is 2.99. The Kier molecular flexibility index (Phi) is 5.72. The van der Waals surface area contributed by atoms with Gasteiger partial charge in [-0.05, 0) is 36.5 Å². The van der Waals surface area contributed by atoms with Crippen LogP contribution in [-0.2, 0) is 9.47 Å². The Morgan fingerprint density at radius 3 is 2.19 bits per heavy atom. The maximum absolute atomic E-state index is 9.95. The first-order valence-electron chi connectivity index (χ1n) is 8.89. The van der Waals surface area contributed by atoms with Crippen LogP contribution in [0.5, 0.6) is 0 Å². The first-order valence-corrected chi connectivity index (χ1v) is 8.89. The van der Waals surface area contributed by atoms with Crippen molar-refractivity contribution in [2.75, 3.05) is 0 Å². The SMILES string of the molecule is CCC1CC(OC2C(CC)OC(O)C2C)C(C)C(C)C1C. The predicted molar refractivity (Wildman–Crippen MR) is 84.9 cm³/mol. The van der Waals surface area contributed by atoms with E-state index >= 15 is 0 Å². The summed E-state index contributed by atoms with van der Waals surface area (Å²) < 4.78 is 12.2. The average Bonchev–Trinajstić information content (AvgIpc) is 2.75. The molecule has 1 saturated carbocycles. The monoisotopic (exact) mass is 298 g/mol. The summed E-state index contributed by atoms with van der Waals surface area (Å²) in [5.41, 5.74) is 0. The highest BCUT2D eigenvalue weighted by Crippen LogP contribution is 2.43. The second-order valence-electron chi connectivity index (χ2n) is 7.45. The van der Waals surface area contributed by atoms with E-state index in [1.54, 1.807) is 0 Å². The van der Waals surface area contributed by atoms with E-state index in [9.17, 15) is 5.11 Å². The lowest BCUT2D eigenvalue weighted by molar-refractivity contribution is -0.125. The quantitative estimate of drug-likeness (QED) is 0.857. The molecule has 1 aliphatic heterocycles. The van der Waals surface area contributed by atoms with Crippen LogP contribution in [0.1, 0.15) is 60.8 Å². The topological polar surface area (TPSA) is 38.7 Å². The fraction of sp³-hybridized carbons (Fsp3) is 1.00. The number of rotatable bonds is 4. The Morgan fingerprint density at radius 1 is 0.952 bits per heavy atom. The molecule has 2 rings (SSSR count). The van der Waals surface area contributed by atoms with Crippen LogP contribution in [0.3, 0.4) is 0 Å². The van der Waals surface area contributed by atoms with Gasteiger partial charge < -0.3 is 14.6 Å². The van der Waals surface area contributed by atoms with Crippen molar-refractivity contribution < 1.29 is 14.6 Å². The lowest BCUT2D eigenvalue weighted by Crippen LogP contribution is -2.44. The second-order valence-corrected chi connectivity index (χ2v) is 7.45. The minimum absolute atomic E-state index is 0.0376. The molecule has 3 heteroatoms. The van der Waals surface area contributed by atoms with Gasteiger partial charge in [-0.25, -0.2) is 0 Å². The molecule has 0 aromatic carbocycles. The molecule has 1 N–H and O–H groups in total. The molecule has 0 spiro atoms. The summed E-state index contributed by atoms with van der Waals surface area (Å²) in [5, 5.41) is 9.95. The van der Waals surface area contributed by atoms with E-state index < -0.39 is 6.29 Å². The van der Waals surface area contributed by atoms with E-state index in [4.69, 9.17) is 9.47 Å². The molecule has 9 unspecified atom stereocenters. The van der Waals surface area contributed by atoms with E-state index in [1.165, 1.54) is 6.42 Å². The average molecular weight is 298 g/mol. The molecule has 1 aliphatic carbocycles. The third-order valence-corrected chi connectivity index (χ3v) is 6.43. The van der Waals surface area contributed by atoms with Gasteiger partial charge in [-0.2, -0.15) is 0 Å². The van der Waals surface area contributed by atoms with E-state index in [1.807, 2.05) is 6.92 Å². The lowest BCUT2D eigenvalue weighted by Gasteiger charge is -2.44. The Labute approximate surface area is 130 Å². The fourth-order valence-electron chi connectivity index (χ4n) is 4.32. The number of aliphatic hydroxyl groups is 1. The van der Waals surface area contributed by atoms with E-state index in [0.717, 1.165) is 24.7 Å². The van der Waals surface area contributed by atoms with Gasteiger partial charge in [0.2, 0.25) is 0 Å². The van der Waals surface area contributed by atoms with Gasteiger partial charge in [-0.3, -0.25) is 0 Å². The molecule has 2 fully saturated rings. The van der Waals surface area contributed by atoms with Gasteiger partial charge in [-0.15, -0.1) is 0 Å². The smallest absolute Gasteiger partial charge is 0.160 e. The molecule has 1 saturated heterocycles. The molecule has 1 heterocycles. The summed E-state index contributed by atoms with van der Waals surface area (Å²) in [7, 11) is 0. The molecule has 0 aromatic heterocycles. The van der Waals surface area contributed by atoms with Gasteiger partial charge in [0.15, 0.2) is 6.29 Å². The van der Waals surface area contributed by atoms with Crippen molar-refractivity contribution in [3.63, 3.8) is 0 Å². The van der Waals surface area contributed by atoms with Crippen LogP contribution in [0.25, 0.3) is 0 Å². The van der Waals surface area contributed by atoms with Gasteiger partial charge in [0, 0.05) is 5.92 Å². The minimum Gasteiger partial charge on any atom is -0.372 e. The molecule has 2 aliphatic rings. The Bertz CT molecular complexity index is 330. The summed E-state index contributed by atoms with van der Waals surface area (Å²) in [5.74, 6) is 2.86. The van der Waals surface area contributed by atoms with Crippen LogP contribution < -0.4 is 0 Å². The lowest BCUT2D eigenvalue weighted by atomic mass is 9.66. The first kappa shape index (κ1) is 17.2. The van der Waals surface area contributed by atoms with Crippen molar-refractivity contribution in [1.82, 2.24) is 0 Å². The largest absolute Gasteiger partial charge is 0.372 e. The maximum Gasteiger partial charge on any atom is 0.160 e. The Balaban J connectivity index is 2.07. The Morgan fingerprint density at radius 2 is 1.62 bits per heavy atom. The van der Waals surface area contributed by atoms with Crippen LogP contribution in [0.4, 0.5) is 0 Å². The summed E-state index contributed by atoms with van der Waals surface area (Å²) >= 11 is 0. The zero-order valence-corrected chi connectivity index (χ0v) is 14.6. The Hall–Kier alpha value is -0.120. The molecule has 3 nitrogen and oxygen atoms in total. The highest BCUT2D eigenvalue weighted by Gasteiger charge is 2.45. The number of hydrogen-bond acceptors (Lipinski definition) is 3. The summed E-state index contributed by atoms with van der Waals surface area (Å²) in [6, 6.07) is 0. The summed E-state index contributed by atoms with van der Waals surface area (Å²) in [6.45, 7) is 13.5. The van der Waals surface area contributed by atoms with E-state index in [0.29, 0.717) is 17.9 Å². The highest BCUT2D eigenvalue weighted by atomic mass is 16.6. The van der Waals surface area contributed by atoms with Crippen molar-refractivity contribution >= 4 is 0 Å². The van der Waals surface area contributed by atoms with Gasteiger partial charge >= 0.3 is 0 Å². The maximum atomic E-state index is 9.95. The van der Waals surface area contributed by atoms with Crippen molar-refractivity contribution in [2.45, 2.75) is 85.4 Å². The number of aliphatic hydroxyl groups excluding tert-OH is 1.